The molecule has 2 aliphatic rings. The van der Waals surface area contributed by atoms with Crippen molar-refractivity contribution in [2.45, 2.75) is 83.8 Å². The zero-order valence-corrected chi connectivity index (χ0v) is 19.3. The van der Waals surface area contributed by atoms with Crippen LogP contribution in [-0.2, 0) is 13.0 Å². The minimum Gasteiger partial charge on any atom is -0.507 e. The lowest BCUT2D eigenvalue weighted by Gasteiger charge is -2.46. The van der Waals surface area contributed by atoms with Crippen molar-refractivity contribution < 1.29 is 9.84 Å². The number of phenolic OH excluding ortho intramolecular Hbond substituents is 1. The molecule has 0 saturated heterocycles. The van der Waals surface area contributed by atoms with Gasteiger partial charge in [0.25, 0.3) is 0 Å². The molecule has 0 bridgehead atoms. The van der Waals surface area contributed by atoms with E-state index in [1.54, 1.807) is 0 Å². The summed E-state index contributed by atoms with van der Waals surface area (Å²) in [5.41, 5.74) is 4.47. The summed E-state index contributed by atoms with van der Waals surface area (Å²) in [5.74, 6) is 1.81. The van der Waals surface area contributed by atoms with E-state index in [0.717, 1.165) is 43.5 Å². The van der Waals surface area contributed by atoms with Crippen LogP contribution in [0.3, 0.4) is 0 Å². The first-order valence-electron chi connectivity index (χ1n) is 12.0. The van der Waals surface area contributed by atoms with E-state index >= 15 is 0 Å². The molecule has 0 saturated carbocycles. The first-order chi connectivity index (χ1) is 15.0. The normalized spacial score (nSPS) is 21.5. The van der Waals surface area contributed by atoms with Crippen molar-refractivity contribution in [1.82, 2.24) is 5.32 Å². The third-order valence-corrected chi connectivity index (χ3v) is 7.00. The third-order valence-electron chi connectivity index (χ3n) is 7.00. The summed E-state index contributed by atoms with van der Waals surface area (Å²) in [4.78, 5) is 0. The fourth-order valence-electron chi connectivity index (χ4n) is 5.28. The Kier molecular flexibility index (Phi) is 6.60. The third kappa shape index (κ3) is 4.92. The smallest absolute Gasteiger partial charge is 0.127 e. The van der Waals surface area contributed by atoms with Crippen molar-refractivity contribution in [1.29, 1.82) is 0 Å². The maximum absolute atomic E-state index is 11.0. The Morgan fingerprint density at radius 1 is 1.06 bits per heavy atom. The molecule has 1 aliphatic carbocycles. The Bertz CT molecular complexity index is 916. The lowest BCUT2D eigenvalue weighted by Crippen LogP contribution is -2.45. The van der Waals surface area contributed by atoms with Crippen molar-refractivity contribution in [3.05, 3.63) is 70.9 Å². The van der Waals surface area contributed by atoms with Gasteiger partial charge in [-0.3, -0.25) is 0 Å². The fraction of sp³-hybridized carbons (Fsp3) is 0.500. The molecule has 3 heteroatoms. The van der Waals surface area contributed by atoms with Crippen LogP contribution in [0, 0.1) is 5.92 Å². The molecule has 2 aromatic carbocycles. The van der Waals surface area contributed by atoms with Crippen molar-refractivity contribution in [3.63, 3.8) is 0 Å². The number of aromatic hydroxyl groups is 1. The van der Waals surface area contributed by atoms with Gasteiger partial charge in [0.2, 0.25) is 0 Å². The van der Waals surface area contributed by atoms with Crippen LogP contribution in [-0.4, -0.2) is 10.7 Å². The molecular formula is C28H37NO2. The van der Waals surface area contributed by atoms with Crippen molar-refractivity contribution in [2.24, 2.45) is 5.92 Å². The fourth-order valence-corrected chi connectivity index (χ4v) is 5.28. The molecule has 0 spiro atoms. The summed E-state index contributed by atoms with van der Waals surface area (Å²) < 4.78 is 6.49. The van der Waals surface area contributed by atoms with Crippen LogP contribution >= 0.6 is 0 Å². The maximum atomic E-state index is 11.0. The number of rotatable bonds is 8. The molecule has 1 heterocycles. The Balaban J connectivity index is 1.57. The highest BCUT2D eigenvalue weighted by Gasteiger charge is 2.45. The first-order valence-corrected chi connectivity index (χ1v) is 12.0. The lowest BCUT2D eigenvalue weighted by molar-refractivity contribution is 0.0103. The molecule has 2 N–H and O–H groups in total. The van der Waals surface area contributed by atoms with Crippen LogP contribution in [0.25, 0.3) is 0 Å². The minimum atomic E-state index is -0.244. The second-order valence-electron chi connectivity index (χ2n) is 9.74. The van der Waals surface area contributed by atoms with Gasteiger partial charge in [-0.15, -0.1) is 0 Å². The molecule has 3 nitrogen and oxygen atoms in total. The largest absolute Gasteiger partial charge is 0.507 e. The number of unbranched alkanes of at least 4 members (excludes halogenated alkanes) is 3. The zero-order chi connectivity index (χ0) is 21.8. The highest BCUT2D eigenvalue weighted by Crippen LogP contribution is 2.53. The molecule has 2 aromatic rings. The zero-order valence-electron chi connectivity index (χ0n) is 19.3. The van der Waals surface area contributed by atoms with Crippen molar-refractivity contribution >= 4 is 0 Å². The average Bonchev–Trinajstić information content (AvgIpc) is 2.75. The van der Waals surface area contributed by atoms with Gasteiger partial charge < -0.3 is 15.2 Å². The molecule has 2 unspecified atom stereocenters. The second-order valence-corrected chi connectivity index (χ2v) is 9.74. The van der Waals surface area contributed by atoms with E-state index in [2.05, 4.69) is 68.6 Å². The predicted molar refractivity (Wildman–Crippen MR) is 127 cm³/mol. The number of fused-ring (bicyclic) bond motifs is 3. The highest BCUT2D eigenvalue weighted by atomic mass is 16.5. The van der Waals surface area contributed by atoms with Crippen molar-refractivity contribution in [2.75, 3.05) is 0 Å². The van der Waals surface area contributed by atoms with Crippen LogP contribution in [0.15, 0.2) is 54.2 Å². The molecule has 0 aromatic heterocycles. The summed E-state index contributed by atoms with van der Waals surface area (Å²) in [6.45, 7) is 7.47. The number of aryl methyl sites for hydroxylation is 1. The molecule has 166 valence electrons. The molecule has 0 fully saturated rings. The Morgan fingerprint density at radius 2 is 1.87 bits per heavy atom. The number of hydrogen-bond donors (Lipinski definition) is 2. The van der Waals surface area contributed by atoms with Crippen molar-refractivity contribution in [3.8, 4) is 11.5 Å². The van der Waals surface area contributed by atoms with Crippen LogP contribution in [0.4, 0.5) is 0 Å². The lowest BCUT2D eigenvalue weighted by atomic mass is 9.68. The van der Waals surface area contributed by atoms with E-state index in [1.165, 1.54) is 36.1 Å². The van der Waals surface area contributed by atoms with E-state index < -0.39 is 0 Å². The van der Waals surface area contributed by atoms with E-state index in [-0.39, 0.29) is 11.5 Å². The van der Waals surface area contributed by atoms with Gasteiger partial charge in [0.1, 0.15) is 17.1 Å². The first kappa shape index (κ1) is 21.8. The molecule has 4 rings (SSSR count). The average molecular weight is 420 g/mol. The van der Waals surface area contributed by atoms with Gasteiger partial charge in [0, 0.05) is 29.6 Å². The number of phenols is 1. The summed E-state index contributed by atoms with van der Waals surface area (Å²) in [5, 5.41) is 14.7. The maximum Gasteiger partial charge on any atom is 0.127 e. The Morgan fingerprint density at radius 3 is 2.65 bits per heavy atom. The standard InChI is InChI=1S/C28H37NO2/c1-4-5-6-8-13-21-16-25(30)27-23-18-22(29-19-20-11-9-7-10-12-20)14-15-24(23)28(2,3)31-26(27)17-21/h7,9-12,16-18,23-24,29-30H,4-6,8,13-15,19H2,1-3H3. The van der Waals surface area contributed by atoms with E-state index in [4.69, 9.17) is 4.74 Å². The quantitative estimate of drug-likeness (QED) is 0.460. The summed E-state index contributed by atoms with van der Waals surface area (Å²) in [6, 6.07) is 14.7. The van der Waals surface area contributed by atoms with Gasteiger partial charge in [-0.2, -0.15) is 0 Å². The van der Waals surface area contributed by atoms with Gasteiger partial charge in [-0.1, -0.05) is 62.6 Å². The summed E-state index contributed by atoms with van der Waals surface area (Å²) >= 11 is 0. The van der Waals surface area contributed by atoms with E-state index in [1.807, 2.05) is 6.07 Å². The molecule has 0 radical (unpaired) electrons. The molecule has 31 heavy (non-hydrogen) atoms. The SMILES string of the molecule is CCCCCCc1cc(O)c2c(c1)OC(C)(C)C1CCC(NCc3ccccc3)=CC21. The Labute approximate surface area is 187 Å². The van der Waals surface area contributed by atoms with Gasteiger partial charge in [0.05, 0.1) is 0 Å². The van der Waals surface area contributed by atoms with Gasteiger partial charge in [-0.25, -0.2) is 0 Å². The van der Waals surface area contributed by atoms with Crippen LogP contribution in [0.2, 0.25) is 0 Å². The summed E-state index contributed by atoms with van der Waals surface area (Å²) in [6.07, 6.45) is 10.3. The van der Waals surface area contributed by atoms with Crippen LogP contribution in [0.1, 0.15) is 81.9 Å². The van der Waals surface area contributed by atoms with Crippen LogP contribution < -0.4 is 10.1 Å². The molecule has 2 atom stereocenters. The Hall–Kier alpha value is -2.42. The predicted octanol–water partition coefficient (Wildman–Crippen LogP) is 6.85. The number of nitrogens with one attached hydrogen (secondary N) is 1. The molecule has 0 amide bonds. The van der Waals surface area contributed by atoms with Crippen LogP contribution in [0.5, 0.6) is 11.5 Å². The van der Waals surface area contributed by atoms with Gasteiger partial charge >= 0.3 is 0 Å². The number of ether oxygens (including phenoxy) is 1. The molecular weight excluding hydrogens is 382 g/mol. The number of hydrogen-bond acceptors (Lipinski definition) is 3. The van der Waals surface area contributed by atoms with Gasteiger partial charge in [-0.05, 0) is 62.8 Å². The van der Waals surface area contributed by atoms with E-state index in [9.17, 15) is 5.11 Å². The second kappa shape index (κ2) is 9.38. The topological polar surface area (TPSA) is 41.5 Å². The van der Waals surface area contributed by atoms with Gasteiger partial charge in [0.15, 0.2) is 0 Å². The monoisotopic (exact) mass is 419 g/mol. The number of benzene rings is 2. The van der Waals surface area contributed by atoms with E-state index in [0.29, 0.717) is 11.7 Å². The number of allylic oxidation sites excluding steroid dienone is 2. The molecule has 1 aliphatic heterocycles. The minimum absolute atomic E-state index is 0.180. The summed E-state index contributed by atoms with van der Waals surface area (Å²) in [7, 11) is 0. The highest BCUT2D eigenvalue weighted by molar-refractivity contribution is 5.54.